The van der Waals surface area contributed by atoms with Gasteiger partial charge < -0.3 is 14.8 Å². The minimum atomic E-state index is 0.0617. The van der Waals surface area contributed by atoms with Crippen molar-refractivity contribution in [1.29, 1.82) is 0 Å². The first-order chi connectivity index (χ1) is 12.7. The quantitative estimate of drug-likeness (QED) is 0.568. The summed E-state index contributed by atoms with van der Waals surface area (Å²) in [5.74, 6) is 3.41. The molecule has 1 N–H and O–H groups in total. The fourth-order valence-corrected chi connectivity index (χ4v) is 3.28. The maximum Gasteiger partial charge on any atom is 0.220 e. The van der Waals surface area contributed by atoms with Gasteiger partial charge in [-0.25, -0.2) is 0 Å². The number of nitrogens with one attached hydrogen (secondary N) is 1. The van der Waals surface area contributed by atoms with Gasteiger partial charge in [-0.05, 0) is 48.4 Å². The second kappa shape index (κ2) is 11.7. The lowest BCUT2D eigenvalue weighted by Crippen LogP contribution is -2.25. The molecule has 0 heterocycles. The van der Waals surface area contributed by atoms with Gasteiger partial charge >= 0.3 is 0 Å². The van der Waals surface area contributed by atoms with E-state index in [2.05, 4.69) is 11.4 Å². The Balaban J connectivity index is 1.49. The fourth-order valence-electron chi connectivity index (χ4n) is 2.26. The Morgan fingerprint density at radius 2 is 1.92 bits per heavy atom. The number of benzene rings is 2. The highest BCUT2D eigenvalue weighted by molar-refractivity contribution is 7.98. The van der Waals surface area contributed by atoms with Gasteiger partial charge in [0, 0.05) is 29.5 Å². The number of carbonyl (C=O) groups is 1. The van der Waals surface area contributed by atoms with Crippen LogP contribution in [0.5, 0.6) is 11.5 Å². The molecular weight excluding hydrogens is 370 g/mol. The Labute approximate surface area is 164 Å². The van der Waals surface area contributed by atoms with E-state index in [0.717, 1.165) is 28.0 Å². The van der Waals surface area contributed by atoms with E-state index >= 15 is 0 Å². The highest BCUT2D eigenvalue weighted by Crippen LogP contribution is 2.17. The SMILES string of the molecule is COc1ccc(OCCCC(=O)NCCSCc2cccc(Cl)c2)cc1. The highest BCUT2D eigenvalue weighted by atomic mass is 35.5. The van der Waals surface area contributed by atoms with E-state index < -0.39 is 0 Å². The van der Waals surface area contributed by atoms with Crippen LogP contribution in [0, 0.1) is 0 Å². The fraction of sp³-hybridized carbons (Fsp3) is 0.350. The normalized spacial score (nSPS) is 10.4. The van der Waals surface area contributed by atoms with Crippen molar-refractivity contribution in [3.05, 3.63) is 59.1 Å². The van der Waals surface area contributed by atoms with Crippen molar-refractivity contribution in [3.8, 4) is 11.5 Å². The summed E-state index contributed by atoms with van der Waals surface area (Å²) in [5.41, 5.74) is 1.20. The van der Waals surface area contributed by atoms with Crippen molar-refractivity contribution in [2.45, 2.75) is 18.6 Å². The van der Waals surface area contributed by atoms with E-state index in [9.17, 15) is 4.79 Å². The van der Waals surface area contributed by atoms with Crippen LogP contribution in [-0.2, 0) is 10.5 Å². The summed E-state index contributed by atoms with van der Waals surface area (Å²) in [6, 6.07) is 15.3. The minimum Gasteiger partial charge on any atom is -0.497 e. The Morgan fingerprint density at radius 1 is 1.15 bits per heavy atom. The van der Waals surface area contributed by atoms with Crippen LogP contribution in [0.4, 0.5) is 0 Å². The van der Waals surface area contributed by atoms with Crippen molar-refractivity contribution < 1.29 is 14.3 Å². The van der Waals surface area contributed by atoms with Crippen LogP contribution in [0.3, 0.4) is 0 Å². The lowest BCUT2D eigenvalue weighted by atomic mass is 10.2. The molecule has 0 aliphatic heterocycles. The van der Waals surface area contributed by atoms with Gasteiger partial charge in [-0.2, -0.15) is 11.8 Å². The molecule has 0 fully saturated rings. The standard InChI is InChI=1S/C20H24ClNO3S/c1-24-18-7-9-19(10-8-18)25-12-3-6-20(23)22-11-13-26-15-16-4-2-5-17(21)14-16/h2,4-5,7-10,14H,3,6,11-13,15H2,1H3,(H,22,23). The smallest absolute Gasteiger partial charge is 0.220 e. The van der Waals surface area contributed by atoms with E-state index in [0.29, 0.717) is 26.0 Å². The molecule has 4 nitrogen and oxygen atoms in total. The van der Waals surface area contributed by atoms with Gasteiger partial charge in [0.15, 0.2) is 0 Å². The first-order valence-electron chi connectivity index (χ1n) is 8.53. The minimum absolute atomic E-state index is 0.0617. The van der Waals surface area contributed by atoms with Crippen molar-refractivity contribution in [2.24, 2.45) is 0 Å². The molecular formula is C20H24ClNO3S. The van der Waals surface area contributed by atoms with E-state index in [1.165, 1.54) is 5.56 Å². The van der Waals surface area contributed by atoms with Gasteiger partial charge in [-0.1, -0.05) is 23.7 Å². The Morgan fingerprint density at radius 3 is 2.65 bits per heavy atom. The van der Waals surface area contributed by atoms with E-state index in [-0.39, 0.29) is 5.91 Å². The second-order valence-electron chi connectivity index (χ2n) is 5.66. The predicted molar refractivity (Wildman–Crippen MR) is 108 cm³/mol. The maximum atomic E-state index is 11.8. The molecule has 0 aromatic heterocycles. The van der Waals surface area contributed by atoms with Gasteiger partial charge in [-0.15, -0.1) is 0 Å². The Hall–Kier alpha value is -1.85. The van der Waals surface area contributed by atoms with Crippen molar-refractivity contribution in [3.63, 3.8) is 0 Å². The number of hydrogen-bond acceptors (Lipinski definition) is 4. The number of halogens is 1. The first-order valence-corrected chi connectivity index (χ1v) is 10.1. The summed E-state index contributed by atoms with van der Waals surface area (Å²) in [7, 11) is 1.63. The lowest BCUT2D eigenvalue weighted by molar-refractivity contribution is -0.121. The maximum absolute atomic E-state index is 11.8. The Kier molecular flexibility index (Phi) is 9.21. The predicted octanol–water partition coefficient (Wildman–Crippen LogP) is 4.56. The Bertz CT molecular complexity index is 679. The molecule has 2 rings (SSSR count). The van der Waals surface area contributed by atoms with Crippen LogP contribution in [-0.4, -0.2) is 31.9 Å². The molecule has 26 heavy (non-hydrogen) atoms. The molecule has 0 saturated heterocycles. The van der Waals surface area contributed by atoms with Crippen LogP contribution < -0.4 is 14.8 Å². The topological polar surface area (TPSA) is 47.6 Å². The molecule has 2 aromatic rings. The molecule has 0 bridgehead atoms. The van der Waals surface area contributed by atoms with Crippen molar-refractivity contribution >= 4 is 29.3 Å². The van der Waals surface area contributed by atoms with Crippen LogP contribution >= 0.6 is 23.4 Å². The van der Waals surface area contributed by atoms with Gasteiger partial charge in [0.1, 0.15) is 11.5 Å². The number of ether oxygens (including phenoxy) is 2. The molecule has 0 spiro atoms. The van der Waals surface area contributed by atoms with Gasteiger partial charge in [0.2, 0.25) is 5.91 Å². The summed E-state index contributed by atoms with van der Waals surface area (Å²) in [5, 5.41) is 3.69. The molecule has 0 unspecified atom stereocenters. The summed E-state index contributed by atoms with van der Waals surface area (Å²) in [6.07, 6.45) is 1.16. The van der Waals surface area contributed by atoms with Crippen LogP contribution in [0.1, 0.15) is 18.4 Å². The number of methoxy groups -OCH3 is 1. The van der Waals surface area contributed by atoms with Crippen LogP contribution in [0.15, 0.2) is 48.5 Å². The largest absolute Gasteiger partial charge is 0.497 e. The van der Waals surface area contributed by atoms with E-state index in [4.69, 9.17) is 21.1 Å². The molecule has 6 heteroatoms. The van der Waals surface area contributed by atoms with Crippen LogP contribution in [0.2, 0.25) is 5.02 Å². The van der Waals surface area contributed by atoms with E-state index in [1.807, 2.05) is 42.5 Å². The number of hydrogen-bond donors (Lipinski definition) is 1. The molecule has 2 aromatic carbocycles. The summed E-state index contributed by atoms with van der Waals surface area (Å²) in [4.78, 5) is 11.8. The third-order valence-electron chi connectivity index (χ3n) is 3.60. The molecule has 1 amide bonds. The van der Waals surface area contributed by atoms with Crippen LogP contribution in [0.25, 0.3) is 0 Å². The average molecular weight is 394 g/mol. The van der Waals surface area contributed by atoms with Gasteiger partial charge in [0.25, 0.3) is 0 Å². The number of rotatable bonds is 11. The average Bonchev–Trinajstić information content (AvgIpc) is 2.65. The summed E-state index contributed by atoms with van der Waals surface area (Å²) < 4.78 is 10.7. The lowest BCUT2D eigenvalue weighted by Gasteiger charge is -2.08. The molecule has 0 aliphatic carbocycles. The summed E-state index contributed by atoms with van der Waals surface area (Å²) in [6.45, 7) is 1.19. The van der Waals surface area contributed by atoms with Gasteiger partial charge in [-0.3, -0.25) is 4.79 Å². The molecule has 0 atom stereocenters. The van der Waals surface area contributed by atoms with E-state index in [1.54, 1.807) is 18.9 Å². The molecule has 0 radical (unpaired) electrons. The second-order valence-corrected chi connectivity index (χ2v) is 7.20. The number of thioether (sulfide) groups is 1. The monoisotopic (exact) mass is 393 g/mol. The van der Waals surface area contributed by atoms with Crippen molar-refractivity contribution in [2.75, 3.05) is 26.0 Å². The zero-order valence-electron chi connectivity index (χ0n) is 14.9. The highest BCUT2D eigenvalue weighted by Gasteiger charge is 2.02. The zero-order valence-corrected chi connectivity index (χ0v) is 16.4. The third-order valence-corrected chi connectivity index (χ3v) is 4.87. The molecule has 0 aliphatic rings. The number of amides is 1. The molecule has 0 saturated carbocycles. The van der Waals surface area contributed by atoms with Gasteiger partial charge in [0.05, 0.1) is 13.7 Å². The number of carbonyl (C=O) groups excluding carboxylic acids is 1. The summed E-state index contributed by atoms with van der Waals surface area (Å²) >= 11 is 7.73. The molecule has 140 valence electrons. The zero-order chi connectivity index (χ0) is 18.6. The third kappa shape index (κ3) is 8.02. The van der Waals surface area contributed by atoms with Crippen molar-refractivity contribution in [1.82, 2.24) is 5.32 Å². The first kappa shape index (κ1) is 20.5.